The molecule has 1 aliphatic rings. The van der Waals surface area contributed by atoms with Gasteiger partial charge in [0.25, 0.3) is 0 Å². The Bertz CT molecular complexity index is 547. The first-order chi connectivity index (χ1) is 8.25. The quantitative estimate of drug-likeness (QED) is 0.888. The lowest BCUT2D eigenvalue weighted by Crippen LogP contribution is -1.97. The molecule has 4 nitrogen and oxygen atoms in total. The maximum atomic E-state index is 11.0. The molecule has 0 spiro atoms. The minimum absolute atomic E-state index is 0.00333. The molecule has 17 heavy (non-hydrogen) atoms. The predicted molar refractivity (Wildman–Crippen MR) is 63.4 cm³/mol. The summed E-state index contributed by atoms with van der Waals surface area (Å²) in [5.41, 5.74) is 1.34. The Kier molecular flexibility index (Phi) is 2.48. The van der Waals surface area contributed by atoms with E-state index in [2.05, 4.69) is 4.98 Å². The highest BCUT2D eigenvalue weighted by Gasteiger charge is 2.21. The molecule has 3 rings (SSSR count). The second-order valence-corrected chi connectivity index (χ2v) is 5.24. The van der Waals surface area contributed by atoms with Crippen molar-refractivity contribution in [2.75, 3.05) is 0 Å². The third-order valence-corrected chi connectivity index (χ3v) is 4.23. The van der Waals surface area contributed by atoms with Crippen LogP contribution in [0.3, 0.4) is 0 Å². The van der Waals surface area contributed by atoms with E-state index in [-0.39, 0.29) is 5.69 Å². The number of hydrogen-bond acceptors (Lipinski definition) is 4. The second kappa shape index (κ2) is 4.00. The molecule has 0 atom stereocenters. The molecular weight excluding hydrogens is 238 g/mol. The summed E-state index contributed by atoms with van der Waals surface area (Å²) in [6, 6.07) is 2.05. The minimum Gasteiger partial charge on any atom is -0.476 e. The van der Waals surface area contributed by atoms with Crippen molar-refractivity contribution in [3.8, 4) is 10.6 Å². The molecule has 2 heterocycles. The minimum atomic E-state index is -1.04. The van der Waals surface area contributed by atoms with Crippen LogP contribution in [0.5, 0.6) is 0 Å². The number of fused-ring (bicyclic) bond motifs is 1. The van der Waals surface area contributed by atoms with Crippen LogP contribution in [-0.4, -0.2) is 16.1 Å². The highest BCUT2D eigenvalue weighted by atomic mass is 32.1. The maximum Gasteiger partial charge on any atom is 0.358 e. The van der Waals surface area contributed by atoms with Crippen LogP contribution in [0.15, 0.2) is 16.9 Å². The van der Waals surface area contributed by atoms with E-state index in [9.17, 15) is 4.79 Å². The lowest BCUT2D eigenvalue weighted by atomic mass is 9.99. The molecular formula is C12H11NO3S. The Balaban J connectivity index is 2.06. The first kappa shape index (κ1) is 10.5. The predicted octanol–water partition coefficient (Wildman–Crippen LogP) is 2.98. The summed E-state index contributed by atoms with van der Waals surface area (Å²) < 4.78 is 5.21. The van der Waals surface area contributed by atoms with Crippen LogP contribution in [0, 0.1) is 0 Å². The molecule has 0 unspecified atom stereocenters. The second-order valence-electron chi connectivity index (χ2n) is 4.10. The van der Waals surface area contributed by atoms with E-state index >= 15 is 0 Å². The number of oxazole rings is 1. The third-order valence-electron chi connectivity index (χ3n) is 2.99. The number of carbonyl (C=O) groups is 1. The summed E-state index contributed by atoms with van der Waals surface area (Å²) in [5, 5.41) is 9.00. The third kappa shape index (κ3) is 1.76. The van der Waals surface area contributed by atoms with Crippen molar-refractivity contribution in [2.45, 2.75) is 25.7 Å². The number of aromatic carboxylic acids is 1. The van der Waals surface area contributed by atoms with E-state index in [4.69, 9.17) is 9.52 Å². The largest absolute Gasteiger partial charge is 0.476 e. The van der Waals surface area contributed by atoms with E-state index in [1.165, 1.54) is 29.7 Å². The molecule has 0 aromatic carbocycles. The van der Waals surface area contributed by atoms with Gasteiger partial charge in [0.15, 0.2) is 17.8 Å². The first-order valence-electron chi connectivity index (χ1n) is 5.54. The molecule has 2 aromatic rings. The van der Waals surface area contributed by atoms with Crippen LogP contribution in [0.2, 0.25) is 0 Å². The zero-order valence-electron chi connectivity index (χ0n) is 9.10. The summed E-state index contributed by atoms with van der Waals surface area (Å²) in [4.78, 5) is 17.0. The molecule has 0 radical (unpaired) electrons. The van der Waals surface area contributed by atoms with Crippen molar-refractivity contribution in [1.29, 1.82) is 0 Å². The van der Waals surface area contributed by atoms with Gasteiger partial charge in [-0.1, -0.05) is 0 Å². The van der Waals surface area contributed by atoms with Gasteiger partial charge in [-0.05, 0) is 37.3 Å². The van der Waals surface area contributed by atoms with E-state index < -0.39 is 5.97 Å². The van der Waals surface area contributed by atoms with Crippen LogP contribution in [0.4, 0.5) is 0 Å². The monoisotopic (exact) mass is 249 g/mol. The zero-order valence-corrected chi connectivity index (χ0v) is 9.92. The SMILES string of the molecule is O=C(O)c1ncoc1-c1cc2c(s1)CCCC2. The average molecular weight is 249 g/mol. The van der Waals surface area contributed by atoms with Crippen molar-refractivity contribution in [2.24, 2.45) is 0 Å². The van der Waals surface area contributed by atoms with Crippen LogP contribution in [-0.2, 0) is 12.8 Å². The van der Waals surface area contributed by atoms with E-state index in [0.29, 0.717) is 5.76 Å². The lowest BCUT2D eigenvalue weighted by molar-refractivity contribution is 0.0691. The number of carboxylic acid groups (broad SMARTS) is 1. The van der Waals surface area contributed by atoms with Crippen LogP contribution >= 0.6 is 11.3 Å². The van der Waals surface area contributed by atoms with Gasteiger partial charge >= 0.3 is 5.97 Å². The number of aryl methyl sites for hydroxylation is 2. The smallest absolute Gasteiger partial charge is 0.358 e. The molecule has 0 saturated heterocycles. The number of rotatable bonds is 2. The van der Waals surface area contributed by atoms with Crippen molar-refractivity contribution < 1.29 is 14.3 Å². The molecule has 0 bridgehead atoms. The Hall–Kier alpha value is -1.62. The molecule has 2 aromatic heterocycles. The Morgan fingerprint density at radius 3 is 3.00 bits per heavy atom. The number of hydrogen-bond donors (Lipinski definition) is 1. The van der Waals surface area contributed by atoms with Crippen molar-refractivity contribution in [3.63, 3.8) is 0 Å². The molecule has 0 saturated carbocycles. The van der Waals surface area contributed by atoms with Gasteiger partial charge in [-0.25, -0.2) is 9.78 Å². The highest BCUT2D eigenvalue weighted by molar-refractivity contribution is 7.15. The Morgan fingerprint density at radius 2 is 2.24 bits per heavy atom. The summed E-state index contributed by atoms with van der Waals surface area (Å²) >= 11 is 1.63. The molecule has 88 valence electrons. The maximum absolute atomic E-state index is 11.0. The number of carboxylic acids is 1. The highest BCUT2D eigenvalue weighted by Crippen LogP contribution is 2.36. The molecule has 1 N–H and O–H groups in total. The van der Waals surface area contributed by atoms with E-state index in [1.54, 1.807) is 11.3 Å². The van der Waals surface area contributed by atoms with Crippen LogP contribution in [0.25, 0.3) is 10.6 Å². The molecule has 0 amide bonds. The Labute approximate surface area is 102 Å². The zero-order chi connectivity index (χ0) is 11.8. The normalized spacial score (nSPS) is 14.6. The fourth-order valence-electron chi connectivity index (χ4n) is 2.18. The van der Waals surface area contributed by atoms with Gasteiger partial charge in [0.05, 0.1) is 4.88 Å². The van der Waals surface area contributed by atoms with Gasteiger partial charge in [0, 0.05) is 4.88 Å². The van der Waals surface area contributed by atoms with E-state index in [0.717, 1.165) is 17.7 Å². The fourth-order valence-corrected chi connectivity index (χ4v) is 3.42. The molecule has 1 aliphatic carbocycles. The van der Waals surface area contributed by atoms with Crippen LogP contribution < -0.4 is 0 Å². The summed E-state index contributed by atoms with van der Waals surface area (Å²) in [5.74, 6) is -0.656. The number of aromatic nitrogens is 1. The van der Waals surface area contributed by atoms with Crippen molar-refractivity contribution >= 4 is 17.3 Å². The van der Waals surface area contributed by atoms with Crippen molar-refractivity contribution in [1.82, 2.24) is 4.98 Å². The fraction of sp³-hybridized carbons (Fsp3) is 0.333. The topological polar surface area (TPSA) is 63.3 Å². The van der Waals surface area contributed by atoms with Gasteiger partial charge in [-0.2, -0.15) is 0 Å². The molecule has 5 heteroatoms. The number of thiophene rings is 1. The van der Waals surface area contributed by atoms with Crippen molar-refractivity contribution in [3.05, 3.63) is 28.6 Å². The van der Waals surface area contributed by atoms with Gasteiger partial charge in [0.2, 0.25) is 0 Å². The summed E-state index contributed by atoms with van der Waals surface area (Å²) in [6.07, 6.45) is 5.80. The van der Waals surface area contributed by atoms with Gasteiger partial charge in [-0.3, -0.25) is 0 Å². The first-order valence-corrected chi connectivity index (χ1v) is 6.36. The number of nitrogens with zero attached hydrogens (tertiary/aromatic N) is 1. The van der Waals surface area contributed by atoms with E-state index in [1.807, 2.05) is 6.07 Å². The summed E-state index contributed by atoms with van der Waals surface area (Å²) in [7, 11) is 0. The standard InChI is InChI=1S/C12H11NO3S/c14-12(15)10-11(16-6-13-10)9-5-7-3-1-2-4-8(7)17-9/h5-6H,1-4H2,(H,14,15). The molecule has 0 aliphatic heterocycles. The lowest BCUT2D eigenvalue weighted by Gasteiger charge is -2.08. The summed E-state index contributed by atoms with van der Waals surface area (Å²) in [6.45, 7) is 0. The average Bonchev–Trinajstić information content (AvgIpc) is 2.95. The Morgan fingerprint density at radius 1 is 1.41 bits per heavy atom. The van der Waals surface area contributed by atoms with Gasteiger partial charge in [0.1, 0.15) is 0 Å². The van der Waals surface area contributed by atoms with Gasteiger partial charge in [-0.15, -0.1) is 11.3 Å². The van der Waals surface area contributed by atoms with Gasteiger partial charge < -0.3 is 9.52 Å². The molecule has 0 fully saturated rings. The van der Waals surface area contributed by atoms with Crippen LogP contribution in [0.1, 0.15) is 33.8 Å².